The van der Waals surface area contributed by atoms with E-state index < -0.39 is 0 Å². The molecule has 0 spiro atoms. The van der Waals surface area contributed by atoms with Gasteiger partial charge in [0.25, 0.3) is 5.91 Å². The fourth-order valence-corrected chi connectivity index (χ4v) is 4.82. The molecule has 0 bridgehead atoms. The predicted molar refractivity (Wildman–Crippen MR) is 106 cm³/mol. The quantitative estimate of drug-likeness (QED) is 0.820. The Morgan fingerprint density at radius 1 is 1.46 bits per heavy atom. The van der Waals surface area contributed by atoms with Crippen molar-refractivity contribution in [2.24, 2.45) is 5.92 Å². The van der Waals surface area contributed by atoms with Crippen molar-refractivity contribution in [1.29, 1.82) is 5.26 Å². The van der Waals surface area contributed by atoms with E-state index in [2.05, 4.69) is 25.2 Å². The first kappa shape index (κ1) is 18.9. The SMILES string of the molecule is C[C@H]1CCc2c(sc(NC(=O)C[NH2+][C@H](C)c3ccc(Cl)cc3)c2C#N)C1. The van der Waals surface area contributed by atoms with E-state index in [4.69, 9.17) is 11.6 Å². The molecule has 2 aromatic rings. The standard InChI is InChI=1S/C20H22ClN3OS/c1-12-3-8-16-17(10-22)20(26-18(16)9-12)24-19(25)11-23-13(2)14-4-6-15(21)7-5-14/h4-7,12-13,23H,3,8-9,11H2,1-2H3,(H,24,25)/p+1/t12-,13+/m0/s1. The Morgan fingerprint density at radius 2 is 2.19 bits per heavy atom. The van der Waals surface area contributed by atoms with Crippen LogP contribution in [-0.2, 0) is 17.6 Å². The largest absolute Gasteiger partial charge is 0.333 e. The van der Waals surface area contributed by atoms with E-state index in [1.807, 2.05) is 29.6 Å². The van der Waals surface area contributed by atoms with Crippen molar-refractivity contribution in [3.63, 3.8) is 0 Å². The molecule has 1 aromatic carbocycles. The molecule has 0 aliphatic heterocycles. The molecule has 0 radical (unpaired) electrons. The average molecular weight is 389 g/mol. The topological polar surface area (TPSA) is 69.5 Å². The van der Waals surface area contributed by atoms with Crippen molar-refractivity contribution in [3.8, 4) is 6.07 Å². The van der Waals surface area contributed by atoms with Crippen LogP contribution < -0.4 is 10.6 Å². The third-order valence-electron chi connectivity index (χ3n) is 4.93. The molecule has 6 heteroatoms. The summed E-state index contributed by atoms with van der Waals surface area (Å²) >= 11 is 7.48. The van der Waals surface area contributed by atoms with Gasteiger partial charge in [-0.3, -0.25) is 4.79 Å². The van der Waals surface area contributed by atoms with Crippen LogP contribution in [0.5, 0.6) is 0 Å². The number of anilines is 1. The monoisotopic (exact) mass is 388 g/mol. The molecule has 1 aliphatic carbocycles. The van der Waals surface area contributed by atoms with Crippen LogP contribution >= 0.6 is 22.9 Å². The minimum atomic E-state index is -0.0750. The Morgan fingerprint density at radius 3 is 2.88 bits per heavy atom. The van der Waals surface area contributed by atoms with E-state index in [9.17, 15) is 10.1 Å². The molecule has 1 aromatic heterocycles. The van der Waals surface area contributed by atoms with Gasteiger partial charge in [0.1, 0.15) is 17.1 Å². The second kappa shape index (κ2) is 8.22. The van der Waals surface area contributed by atoms with Crippen molar-refractivity contribution >= 4 is 33.8 Å². The summed E-state index contributed by atoms with van der Waals surface area (Å²) in [6.07, 6.45) is 3.05. The van der Waals surface area contributed by atoms with Crippen LogP contribution in [0.25, 0.3) is 0 Å². The van der Waals surface area contributed by atoms with Crippen LogP contribution in [0.2, 0.25) is 5.02 Å². The van der Waals surface area contributed by atoms with Gasteiger partial charge in [-0.25, -0.2) is 0 Å². The Bertz CT molecular complexity index is 838. The van der Waals surface area contributed by atoms with Gasteiger partial charge in [0.2, 0.25) is 0 Å². The number of carbonyl (C=O) groups excluding carboxylic acids is 1. The minimum Gasteiger partial charge on any atom is -0.333 e. The molecule has 136 valence electrons. The fourth-order valence-electron chi connectivity index (χ4n) is 3.32. The van der Waals surface area contributed by atoms with E-state index in [-0.39, 0.29) is 11.9 Å². The number of halogens is 1. The molecule has 1 amide bonds. The summed E-state index contributed by atoms with van der Waals surface area (Å²) < 4.78 is 0. The number of hydrogen-bond donors (Lipinski definition) is 2. The molecule has 3 rings (SSSR count). The Balaban J connectivity index is 1.62. The number of carbonyl (C=O) groups is 1. The second-order valence-corrected chi connectivity index (χ2v) is 8.54. The predicted octanol–water partition coefficient (Wildman–Crippen LogP) is 3.66. The summed E-state index contributed by atoms with van der Waals surface area (Å²) in [6, 6.07) is 10.1. The first-order valence-corrected chi connectivity index (χ1v) is 10.1. The first-order valence-electron chi connectivity index (χ1n) is 8.91. The molecule has 3 N–H and O–H groups in total. The average Bonchev–Trinajstić information content (AvgIpc) is 2.96. The maximum absolute atomic E-state index is 12.4. The fraction of sp³-hybridized carbons (Fsp3) is 0.400. The number of hydrogen-bond acceptors (Lipinski definition) is 3. The molecule has 26 heavy (non-hydrogen) atoms. The molecule has 1 aliphatic rings. The lowest BCUT2D eigenvalue weighted by molar-refractivity contribution is -0.682. The third-order valence-corrected chi connectivity index (χ3v) is 6.35. The van der Waals surface area contributed by atoms with Crippen LogP contribution in [0.1, 0.15) is 47.9 Å². The minimum absolute atomic E-state index is 0.0750. The van der Waals surface area contributed by atoms with E-state index in [1.165, 1.54) is 4.88 Å². The number of nitriles is 1. The molecule has 0 fully saturated rings. The number of nitrogens with one attached hydrogen (secondary N) is 1. The lowest BCUT2D eigenvalue weighted by Gasteiger charge is -2.17. The highest BCUT2D eigenvalue weighted by molar-refractivity contribution is 7.16. The summed E-state index contributed by atoms with van der Waals surface area (Å²) in [6.45, 7) is 4.61. The molecule has 0 saturated heterocycles. The smallest absolute Gasteiger partial charge is 0.280 e. The van der Waals surface area contributed by atoms with Crippen molar-refractivity contribution in [2.45, 2.75) is 39.2 Å². The molecule has 0 unspecified atom stereocenters. The summed E-state index contributed by atoms with van der Waals surface area (Å²) in [7, 11) is 0. The lowest BCUT2D eigenvalue weighted by Crippen LogP contribution is -2.86. The second-order valence-electron chi connectivity index (χ2n) is 7.00. The van der Waals surface area contributed by atoms with Gasteiger partial charge in [-0.2, -0.15) is 5.26 Å². The van der Waals surface area contributed by atoms with Crippen molar-refractivity contribution in [3.05, 3.63) is 50.9 Å². The number of fused-ring (bicyclic) bond motifs is 1. The van der Waals surface area contributed by atoms with Crippen LogP contribution in [0, 0.1) is 17.2 Å². The van der Waals surface area contributed by atoms with Gasteiger partial charge in [-0.1, -0.05) is 30.7 Å². The number of thiophene rings is 1. The number of nitrogens with two attached hydrogens (primary N) is 1. The number of amides is 1. The Hall–Kier alpha value is -1.87. The molecule has 2 atom stereocenters. The van der Waals surface area contributed by atoms with Gasteiger partial charge in [-0.05, 0) is 49.8 Å². The van der Waals surface area contributed by atoms with Crippen molar-refractivity contribution in [1.82, 2.24) is 0 Å². The highest BCUT2D eigenvalue weighted by Crippen LogP contribution is 2.39. The molecular formula is C20H23ClN3OS+. The zero-order valence-corrected chi connectivity index (χ0v) is 16.6. The summed E-state index contributed by atoms with van der Waals surface area (Å²) in [5.74, 6) is 0.568. The van der Waals surface area contributed by atoms with E-state index in [0.29, 0.717) is 28.0 Å². The van der Waals surface area contributed by atoms with Gasteiger partial charge < -0.3 is 10.6 Å². The van der Waals surface area contributed by atoms with Gasteiger partial charge >= 0.3 is 0 Å². The van der Waals surface area contributed by atoms with Crippen LogP contribution in [0.15, 0.2) is 24.3 Å². The van der Waals surface area contributed by atoms with Crippen LogP contribution in [0.3, 0.4) is 0 Å². The summed E-state index contributed by atoms with van der Waals surface area (Å²) in [4.78, 5) is 13.6. The van der Waals surface area contributed by atoms with E-state index in [1.54, 1.807) is 11.3 Å². The summed E-state index contributed by atoms with van der Waals surface area (Å²) in [5, 5.41) is 15.9. The van der Waals surface area contributed by atoms with Crippen molar-refractivity contribution in [2.75, 3.05) is 11.9 Å². The maximum atomic E-state index is 12.4. The lowest BCUT2D eigenvalue weighted by atomic mass is 9.89. The third kappa shape index (κ3) is 4.27. The number of nitrogens with zero attached hydrogens (tertiary/aromatic N) is 1. The first-order chi connectivity index (χ1) is 12.5. The summed E-state index contributed by atoms with van der Waals surface area (Å²) in [5.41, 5.74) is 2.93. The Kier molecular flexibility index (Phi) is 5.98. The highest BCUT2D eigenvalue weighted by atomic mass is 35.5. The highest BCUT2D eigenvalue weighted by Gasteiger charge is 2.25. The Labute approximate surface area is 163 Å². The number of benzene rings is 1. The van der Waals surface area contributed by atoms with E-state index >= 15 is 0 Å². The maximum Gasteiger partial charge on any atom is 0.280 e. The molecular weight excluding hydrogens is 366 g/mol. The van der Waals surface area contributed by atoms with Gasteiger partial charge in [0, 0.05) is 15.5 Å². The number of quaternary nitrogens is 1. The van der Waals surface area contributed by atoms with Gasteiger partial charge in [-0.15, -0.1) is 11.3 Å². The van der Waals surface area contributed by atoms with Crippen LogP contribution in [-0.4, -0.2) is 12.5 Å². The molecule has 0 saturated carbocycles. The van der Waals surface area contributed by atoms with Crippen LogP contribution in [0.4, 0.5) is 5.00 Å². The van der Waals surface area contributed by atoms with Gasteiger partial charge in [0.15, 0.2) is 6.54 Å². The normalized spacial score (nSPS) is 17.2. The van der Waals surface area contributed by atoms with E-state index in [0.717, 1.165) is 30.4 Å². The number of rotatable bonds is 5. The van der Waals surface area contributed by atoms with Gasteiger partial charge in [0.05, 0.1) is 5.56 Å². The zero-order chi connectivity index (χ0) is 18.7. The molecule has 4 nitrogen and oxygen atoms in total. The zero-order valence-electron chi connectivity index (χ0n) is 15.0. The molecule has 1 heterocycles. The van der Waals surface area contributed by atoms with Crippen molar-refractivity contribution < 1.29 is 10.1 Å².